The van der Waals surface area contributed by atoms with Crippen LogP contribution in [0, 0.1) is 0 Å². The van der Waals surface area contributed by atoms with Crippen molar-refractivity contribution in [1.29, 1.82) is 0 Å². The summed E-state index contributed by atoms with van der Waals surface area (Å²) in [6.45, 7) is 3.55. The lowest BCUT2D eigenvalue weighted by Gasteiger charge is -2.07. The number of hydrogen-bond acceptors (Lipinski definition) is 3. The molecule has 0 spiro atoms. The Morgan fingerprint density at radius 2 is 1.95 bits per heavy atom. The second kappa shape index (κ2) is 5.54. The summed E-state index contributed by atoms with van der Waals surface area (Å²) in [7, 11) is -3.24. The van der Waals surface area contributed by atoms with Crippen LogP contribution in [0.2, 0.25) is 0 Å². The molecule has 19 heavy (non-hydrogen) atoms. The molecule has 1 aromatic carbocycles. The lowest BCUT2D eigenvalue weighted by atomic mass is 10.3. The predicted octanol–water partition coefficient (Wildman–Crippen LogP) is 1.70. The zero-order chi connectivity index (χ0) is 13.9. The average Bonchev–Trinajstić information content (AvgIpc) is 2.86. The molecule has 0 aliphatic carbocycles. The van der Waals surface area contributed by atoms with Crippen molar-refractivity contribution >= 4 is 10.0 Å². The minimum absolute atomic E-state index is 0.257. The number of nitrogens with one attached hydrogen (secondary N) is 1. The van der Waals surface area contributed by atoms with Crippen LogP contribution < -0.4 is 4.72 Å². The summed E-state index contributed by atoms with van der Waals surface area (Å²) in [5, 5.41) is 3.78. The molecule has 2 aromatic rings. The maximum Gasteiger partial charge on any atom is 0.214 e. The van der Waals surface area contributed by atoms with Crippen molar-refractivity contribution in [2.24, 2.45) is 0 Å². The van der Waals surface area contributed by atoms with Gasteiger partial charge in [0.25, 0.3) is 0 Å². The number of sulfonamides is 1. The second-order valence-electron chi connectivity index (χ2n) is 4.54. The fourth-order valence-electron chi connectivity index (χ4n) is 1.52. The SMILES string of the molecule is CC(C)S(=O)(=O)NCc1cnn(-c2ccccc2)c1. The summed E-state index contributed by atoms with van der Waals surface area (Å²) in [4.78, 5) is 0. The highest BCUT2D eigenvalue weighted by molar-refractivity contribution is 7.90. The molecule has 0 aliphatic rings. The molecule has 0 amide bonds. The van der Waals surface area contributed by atoms with Crippen LogP contribution in [-0.2, 0) is 16.6 Å². The van der Waals surface area contributed by atoms with Gasteiger partial charge in [0.05, 0.1) is 17.1 Å². The Balaban J connectivity index is 2.07. The summed E-state index contributed by atoms with van der Waals surface area (Å²) in [6.07, 6.45) is 3.48. The summed E-state index contributed by atoms with van der Waals surface area (Å²) < 4.78 is 27.6. The van der Waals surface area contributed by atoms with Crippen molar-refractivity contribution in [3.05, 3.63) is 48.3 Å². The normalized spacial score (nSPS) is 11.9. The zero-order valence-corrected chi connectivity index (χ0v) is 11.8. The van der Waals surface area contributed by atoms with Gasteiger partial charge in [-0.3, -0.25) is 0 Å². The van der Waals surface area contributed by atoms with Gasteiger partial charge in [-0.1, -0.05) is 18.2 Å². The van der Waals surface area contributed by atoms with E-state index in [0.29, 0.717) is 0 Å². The largest absolute Gasteiger partial charge is 0.241 e. The molecule has 5 nitrogen and oxygen atoms in total. The molecule has 0 bridgehead atoms. The smallest absolute Gasteiger partial charge is 0.214 e. The molecule has 0 saturated carbocycles. The molecule has 0 atom stereocenters. The van der Waals surface area contributed by atoms with Crippen molar-refractivity contribution in [3.63, 3.8) is 0 Å². The fourth-order valence-corrected chi connectivity index (χ4v) is 2.23. The third kappa shape index (κ3) is 3.42. The third-order valence-electron chi connectivity index (χ3n) is 2.75. The number of aromatic nitrogens is 2. The summed E-state index contributed by atoms with van der Waals surface area (Å²) >= 11 is 0. The Morgan fingerprint density at radius 3 is 2.58 bits per heavy atom. The monoisotopic (exact) mass is 279 g/mol. The van der Waals surface area contributed by atoms with Crippen LogP contribution in [0.3, 0.4) is 0 Å². The van der Waals surface area contributed by atoms with Crippen LogP contribution >= 0.6 is 0 Å². The van der Waals surface area contributed by atoms with Crippen molar-refractivity contribution in [3.8, 4) is 5.69 Å². The Kier molecular flexibility index (Phi) is 4.01. The van der Waals surface area contributed by atoms with Gasteiger partial charge in [0.15, 0.2) is 0 Å². The molecule has 0 fully saturated rings. The first-order chi connectivity index (χ1) is 8.99. The molecular formula is C13H17N3O2S. The van der Waals surface area contributed by atoms with Crippen LogP contribution in [0.15, 0.2) is 42.7 Å². The zero-order valence-electron chi connectivity index (χ0n) is 10.9. The van der Waals surface area contributed by atoms with E-state index in [1.807, 2.05) is 36.5 Å². The van der Waals surface area contributed by atoms with E-state index in [4.69, 9.17) is 0 Å². The van der Waals surface area contributed by atoms with Crippen LogP contribution in [0.4, 0.5) is 0 Å². The van der Waals surface area contributed by atoms with Gasteiger partial charge in [0.2, 0.25) is 10.0 Å². The second-order valence-corrected chi connectivity index (χ2v) is 6.87. The van der Waals surface area contributed by atoms with E-state index in [1.165, 1.54) is 0 Å². The number of nitrogens with zero attached hydrogens (tertiary/aromatic N) is 2. The highest BCUT2D eigenvalue weighted by Crippen LogP contribution is 2.08. The maximum atomic E-state index is 11.6. The molecule has 1 heterocycles. The predicted molar refractivity (Wildman–Crippen MR) is 74.5 cm³/mol. The number of hydrogen-bond donors (Lipinski definition) is 1. The topological polar surface area (TPSA) is 64.0 Å². The Labute approximate surface area is 113 Å². The van der Waals surface area contributed by atoms with Gasteiger partial charge in [-0.05, 0) is 26.0 Å². The lowest BCUT2D eigenvalue weighted by Crippen LogP contribution is -2.30. The van der Waals surface area contributed by atoms with E-state index in [-0.39, 0.29) is 6.54 Å². The van der Waals surface area contributed by atoms with Gasteiger partial charge >= 0.3 is 0 Å². The van der Waals surface area contributed by atoms with Crippen LogP contribution in [0.25, 0.3) is 5.69 Å². The molecule has 102 valence electrons. The molecule has 0 aliphatic heterocycles. The van der Waals surface area contributed by atoms with Crippen LogP contribution in [0.5, 0.6) is 0 Å². The molecular weight excluding hydrogens is 262 g/mol. The van der Waals surface area contributed by atoms with Gasteiger partial charge in [-0.25, -0.2) is 17.8 Å². The Hall–Kier alpha value is -1.66. The minimum Gasteiger partial charge on any atom is -0.241 e. The first-order valence-corrected chi connectivity index (χ1v) is 7.61. The van der Waals surface area contributed by atoms with Crippen molar-refractivity contribution in [1.82, 2.24) is 14.5 Å². The molecule has 0 radical (unpaired) electrons. The third-order valence-corrected chi connectivity index (χ3v) is 4.54. The first kappa shape index (κ1) is 13.8. The number of rotatable bonds is 5. The van der Waals surface area contributed by atoms with E-state index in [9.17, 15) is 8.42 Å². The first-order valence-electron chi connectivity index (χ1n) is 6.06. The van der Waals surface area contributed by atoms with Gasteiger partial charge in [0, 0.05) is 18.3 Å². The average molecular weight is 279 g/mol. The van der Waals surface area contributed by atoms with E-state index in [1.54, 1.807) is 24.7 Å². The Morgan fingerprint density at radius 1 is 1.26 bits per heavy atom. The summed E-state index contributed by atoms with van der Waals surface area (Å²) in [5.74, 6) is 0. The van der Waals surface area contributed by atoms with Gasteiger partial charge in [-0.2, -0.15) is 5.10 Å². The summed E-state index contributed by atoms with van der Waals surface area (Å²) in [5.41, 5.74) is 1.77. The van der Waals surface area contributed by atoms with E-state index < -0.39 is 15.3 Å². The standard InChI is InChI=1S/C13H17N3O2S/c1-11(2)19(17,18)15-9-12-8-14-16(10-12)13-6-4-3-5-7-13/h3-8,10-11,15H,9H2,1-2H3. The molecule has 1 N–H and O–H groups in total. The van der Waals surface area contributed by atoms with Gasteiger partial charge in [0.1, 0.15) is 0 Å². The summed E-state index contributed by atoms with van der Waals surface area (Å²) in [6, 6.07) is 9.67. The van der Waals surface area contributed by atoms with Crippen LogP contribution in [0.1, 0.15) is 19.4 Å². The molecule has 1 aromatic heterocycles. The lowest BCUT2D eigenvalue weighted by molar-refractivity contribution is 0.572. The quantitative estimate of drug-likeness (QED) is 0.906. The fraction of sp³-hybridized carbons (Fsp3) is 0.308. The Bertz CT molecular complexity index is 633. The molecule has 2 rings (SSSR count). The maximum absolute atomic E-state index is 11.6. The van der Waals surface area contributed by atoms with Gasteiger partial charge < -0.3 is 0 Å². The highest BCUT2D eigenvalue weighted by atomic mass is 32.2. The highest BCUT2D eigenvalue weighted by Gasteiger charge is 2.15. The van der Waals surface area contributed by atoms with Crippen molar-refractivity contribution < 1.29 is 8.42 Å². The van der Waals surface area contributed by atoms with Crippen molar-refractivity contribution in [2.45, 2.75) is 25.6 Å². The van der Waals surface area contributed by atoms with E-state index in [0.717, 1.165) is 11.3 Å². The number of para-hydroxylation sites is 1. The molecule has 6 heteroatoms. The van der Waals surface area contributed by atoms with Crippen LogP contribution in [-0.4, -0.2) is 23.4 Å². The molecule has 0 unspecified atom stereocenters. The van der Waals surface area contributed by atoms with E-state index >= 15 is 0 Å². The van der Waals surface area contributed by atoms with Gasteiger partial charge in [-0.15, -0.1) is 0 Å². The minimum atomic E-state index is -3.24. The van der Waals surface area contributed by atoms with E-state index in [2.05, 4.69) is 9.82 Å². The van der Waals surface area contributed by atoms with Crippen molar-refractivity contribution in [2.75, 3.05) is 0 Å². The molecule has 0 saturated heterocycles. The number of benzene rings is 1.